The lowest BCUT2D eigenvalue weighted by Gasteiger charge is -2.31. The predicted molar refractivity (Wildman–Crippen MR) is 66.1 cm³/mol. The van der Waals surface area contributed by atoms with E-state index in [0.717, 1.165) is 0 Å². The van der Waals surface area contributed by atoms with Crippen molar-refractivity contribution >= 4 is 11.9 Å². The Balaban J connectivity index is 2.17. The van der Waals surface area contributed by atoms with Crippen LogP contribution < -0.4 is 15.4 Å². The first-order valence-electron chi connectivity index (χ1n) is 5.99. The number of ether oxygens (including phenoxy) is 1. The maximum absolute atomic E-state index is 5.63. The van der Waals surface area contributed by atoms with Crippen LogP contribution in [0.15, 0.2) is 0 Å². The summed E-state index contributed by atoms with van der Waals surface area (Å²) in [5.41, 5.74) is 5.63. The number of rotatable bonds is 3. The first-order chi connectivity index (χ1) is 8.20. The molecule has 0 bridgehead atoms. The van der Waals surface area contributed by atoms with Crippen LogP contribution in [0.4, 0.5) is 11.9 Å². The third kappa shape index (κ3) is 2.75. The van der Waals surface area contributed by atoms with Crippen molar-refractivity contribution in [3.05, 3.63) is 0 Å². The van der Waals surface area contributed by atoms with Gasteiger partial charge in [0.25, 0.3) is 0 Å². The van der Waals surface area contributed by atoms with Crippen molar-refractivity contribution in [1.82, 2.24) is 15.0 Å². The van der Waals surface area contributed by atoms with E-state index in [0.29, 0.717) is 12.0 Å². The molecule has 0 spiro atoms. The molecule has 0 aliphatic heterocycles. The Kier molecular flexibility index (Phi) is 3.61. The molecule has 0 unspecified atom stereocenters. The van der Waals surface area contributed by atoms with E-state index in [9.17, 15) is 0 Å². The zero-order valence-electron chi connectivity index (χ0n) is 10.4. The fourth-order valence-electron chi connectivity index (χ4n) is 2.24. The monoisotopic (exact) mass is 237 g/mol. The molecular formula is C11H19N5O. The minimum Gasteiger partial charge on any atom is -0.467 e. The van der Waals surface area contributed by atoms with Gasteiger partial charge in [0.2, 0.25) is 11.9 Å². The van der Waals surface area contributed by atoms with Gasteiger partial charge in [-0.2, -0.15) is 15.0 Å². The normalized spacial score (nSPS) is 16.8. The molecule has 2 rings (SSSR count). The van der Waals surface area contributed by atoms with Gasteiger partial charge in [0, 0.05) is 13.1 Å². The van der Waals surface area contributed by atoms with Gasteiger partial charge in [-0.3, -0.25) is 0 Å². The van der Waals surface area contributed by atoms with Gasteiger partial charge in [-0.1, -0.05) is 19.3 Å². The smallest absolute Gasteiger partial charge is 0.322 e. The molecule has 1 saturated carbocycles. The Labute approximate surface area is 101 Å². The molecule has 2 N–H and O–H groups in total. The van der Waals surface area contributed by atoms with Crippen molar-refractivity contribution in [2.75, 3.05) is 24.8 Å². The highest BCUT2D eigenvalue weighted by molar-refractivity contribution is 5.36. The molecule has 0 amide bonds. The fourth-order valence-corrected chi connectivity index (χ4v) is 2.24. The van der Waals surface area contributed by atoms with Crippen LogP contribution in [0.5, 0.6) is 6.01 Å². The average molecular weight is 237 g/mol. The predicted octanol–water partition coefficient (Wildman–Crippen LogP) is 1.23. The first kappa shape index (κ1) is 11.9. The number of nitrogen functional groups attached to an aromatic ring is 1. The van der Waals surface area contributed by atoms with Crippen molar-refractivity contribution in [1.29, 1.82) is 0 Å². The molecule has 1 heterocycles. The lowest BCUT2D eigenvalue weighted by atomic mass is 9.95. The number of hydrogen-bond donors (Lipinski definition) is 1. The Bertz CT molecular complexity index is 378. The van der Waals surface area contributed by atoms with Crippen molar-refractivity contribution < 1.29 is 4.74 Å². The summed E-state index contributed by atoms with van der Waals surface area (Å²) >= 11 is 0. The minimum absolute atomic E-state index is 0.203. The Morgan fingerprint density at radius 1 is 1.18 bits per heavy atom. The molecule has 0 atom stereocenters. The van der Waals surface area contributed by atoms with Crippen molar-refractivity contribution in [2.24, 2.45) is 0 Å². The van der Waals surface area contributed by atoms with E-state index in [1.165, 1.54) is 39.2 Å². The van der Waals surface area contributed by atoms with E-state index in [1.54, 1.807) is 0 Å². The highest BCUT2D eigenvalue weighted by Crippen LogP contribution is 2.24. The number of anilines is 2. The molecule has 6 heteroatoms. The standard InChI is InChI=1S/C11H19N5O/c1-16(8-6-4-3-5-7-8)10-13-9(12)14-11(15-10)17-2/h8H,3-7H2,1-2H3,(H2,12,13,14,15). The Hall–Kier alpha value is -1.59. The van der Waals surface area contributed by atoms with Gasteiger partial charge in [0.05, 0.1) is 7.11 Å². The largest absolute Gasteiger partial charge is 0.467 e. The molecule has 94 valence electrons. The zero-order valence-corrected chi connectivity index (χ0v) is 10.4. The molecular weight excluding hydrogens is 218 g/mol. The van der Waals surface area contributed by atoms with Crippen molar-refractivity contribution in [3.63, 3.8) is 0 Å². The third-order valence-corrected chi connectivity index (χ3v) is 3.24. The number of hydrogen-bond acceptors (Lipinski definition) is 6. The van der Waals surface area contributed by atoms with Crippen LogP contribution in [0.25, 0.3) is 0 Å². The van der Waals surface area contributed by atoms with Crippen LogP contribution in [0.3, 0.4) is 0 Å². The van der Waals surface area contributed by atoms with Crippen LogP contribution in [0.1, 0.15) is 32.1 Å². The SMILES string of the molecule is COc1nc(N)nc(N(C)C2CCCCC2)n1. The molecule has 0 radical (unpaired) electrons. The van der Waals surface area contributed by atoms with Crippen LogP contribution in [0.2, 0.25) is 0 Å². The second-order valence-electron chi connectivity index (χ2n) is 4.38. The van der Waals surface area contributed by atoms with E-state index in [1.807, 2.05) is 7.05 Å². The Morgan fingerprint density at radius 3 is 2.53 bits per heavy atom. The Morgan fingerprint density at radius 2 is 1.88 bits per heavy atom. The molecule has 17 heavy (non-hydrogen) atoms. The van der Waals surface area contributed by atoms with Gasteiger partial charge < -0.3 is 15.4 Å². The number of aromatic nitrogens is 3. The summed E-state index contributed by atoms with van der Waals surface area (Å²) in [5, 5.41) is 0. The lowest BCUT2D eigenvalue weighted by Crippen LogP contribution is -2.34. The fraction of sp³-hybridized carbons (Fsp3) is 0.727. The maximum Gasteiger partial charge on any atom is 0.322 e. The van der Waals surface area contributed by atoms with E-state index in [2.05, 4.69) is 19.9 Å². The summed E-state index contributed by atoms with van der Waals surface area (Å²) in [4.78, 5) is 14.4. The highest BCUT2D eigenvalue weighted by atomic mass is 16.5. The summed E-state index contributed by atoms with van der Waals surface area (Å²) in [6.07, 6.45) is 6.24. The molecule has 0 saturated heterocycles. The van der Waals surface area contributed by atoms with E-state index in [4.69, 9.17) is 10.5 Å². The second kappa shape index (κ2) is 5.16. The van der Waals surface area contributed by atoms with Crippen LogP contribution in [-0.4, -0.2) is 35.2 Å². The van der Waals surface area contributed by atoms with Crippen molar-refractivity contribution in [2.45, 2.75) is 38.1 Å². The van der Waals surface area contributed by atoms with Gasteiger partial charge in [0.1, 0.15) is 0 Å². The molecule has 1 aromatic heterocycles. The lowest BCUT2D eigenvalue weighted by molar-refractivity contribution is 0.376. The summed E-state index contributed by atoms with van der Waals surface area (Å²) in [6.45, 7) is 0. The van der Waals surface area contributed by atoms with Gasteiger partial charge in [-0.15, -0.1) is 0 Å². The van der Waals surface area contributed by atoms with Gasteiger partial charge in [-0.25, -0.2) is 0 Å². The minimum atomic E-state index is 0.203. The van der Waals surface area contributed by atoms with Gasteiger partial charge >= 0.3 is 6.01 Å². The summed E-state index contributed by atoms with van der Waals surface area (Å²) in [6, 6.07) is 0.769. The second-order valence-corrected chi connectivity index (χ2v) is 4.38. The average Bonchev–Trinajstić information content (AvgIpc) is 2.38. The summed E-state index contributed by atoms with van der Waals surface area (Å²) in [7, 11) is 3.53. The van der Waals surface area contributed by atoms with Crippen LogP contribution >= 0.6 is 0 Å². The first-order valence-corrected chi connectivity index (χ1v) is 5.99. The van der Waals surface area contributed by atoms with Gasteiger partial charge in [-0.05, 0) is 12.8 Å². The molecule has 1 aliphatic carbocycles. The molecule has 6 nitrogen and oxygen atoms in total. The van der Waals surface area contributed by atoms with Crippen LogP contribution in [0, 0.1) is 0 Å². The summed E-state index contributed by atoms with van der Waals surface area (Å²) < 4.78 is 5.00. The molecule has 0 aromatic carbocycles. The molecule has 1 aliphatic rings. The number of nitrogens with zero attached hydrogens (tertiary/aromatic N) is 4. The number of nitrogens with two attached hydrogens (primary N) is 1. The highest BCUT2D eigenvalue weighted by Gasteiger charge is 2.21. The molecule has 1 fully saturated rings. The molecule has 1 aromatic rings. The quantitative estimate of drug-likeness (QED) is 0.852. The van der Waals surface area contributed by atoms with E-state index in [-0.39, 0.29) is 12.0 Å². The van der Waals surface area contributed by atoms with Gasteiger partial charge in [0.15, 0.2) is 0 Å². The van der Waals surface area contributed by atoms with Crippen molar-refractivity contribution in [3.8, 4) is 6.01 Å². The zero-order chi connectivity index (χ0) is 12.3. The number of methoxy groups -OCH3 is 1. The van der Waals surface area contributed by atoms with E-state index >= 15 is 0 Å². The topological polar surface area (TPSA) is 77.2 Å². The summed E-state index contributed by atoms with van der Waals surface area (Å²) in [5.74, 6) is 0.802. The maximum atomic E-state index is 5.63. The third-order valence-electron chi connectivity index (χ3n) is 3.24. The van der Waals surface area contributed by atoms with E-state index < -0.39 is 0 Å². The van der Waals surface area contributed by atoms with Crippen LogP contribution in [-0.2, 0) is 0 Å².